The second-order valence-corrected chi connectivity index (χ2v) is 19.2. The number of hydrogen-bond donors (Lipinski definition) is 6. The molecule has 18 atom stereocenters. The van der Waals surface area contributed by atoms with Crippen LogP contribution in [0.2, 0.25) is 0 Å². The Bertz CT molecular complexity index is 1570. The maximum atomic E-state index is 14.9. The van der Waals surface area contributed by atoms with E-state index in [0.29, 0.717) is 31.4 Å². The van der Waals surface area contributed by atoms with Crippen LogP contribution in [0.3, 0.4) is 0 Å². The summed E-state index contributed by atoms with van der Waals surface area (Å²) >= 11 is 0. The number of aliphatic hydroxyl groups is 6. The molecular formula is C41H62O13. The standard InChI is InChI=1S/C41H62O13/c1-18(2)24-14-26(44)41(9,54-24)34-22(42)15-38(6)25-12-10-20-21(40(25,8)27(45)16-39(34,38)7)11-13-28(37(20,4)5)52-36-33(30(47)23(43)17-50-36)53-35-32(49)31(48)29(46)19(3)51-35/h10,14,18-19,21-23,25,28-36,42-43,46-49H,11-13,15-17H2,1-9H3/t19?,21?,22-,23-,25?,28-,29+,30-,31+,32?,33?,34?,35+,36+,38+,39-,40+,41+/m1/s1. The fourth-order valence-corrected chi connectivity index (χ4v) is 12.3. The second kappa shape index (κ2) is 13.4. The van der Waals surface area contributed by atoms with Crippen LogP contribution >= 0.6 is 0 Å². The third-order valence-corrected chi connectivity index (χ3v) is 15.7. The van der Waals surface area contributed by atoms with Crippen molar-refractivity contribution in [3.05, 3.63) is 23.5 Å². The number of ether oxygens (including phenoxy) is 5. The van der Waals surface area contributed by atoms with Crippen LogP contribution in [0.25, 0.3) is 0 Å². The second-order valence-electron chi connectivity index (χ2n) is 19.2. The van der Waals surface area contributed by atoms with Crippen molar-refractivity contribution in [1.29, 1.82) is 0 Å². The molecule has 3 heterocycles. The molecule has 0 aromatic carbocycles. The fourth-order valence-electron chi connectivity index (χ4n) is 12.3. The summed E-state index contributed by atoms with van der Waals surface area (Å²) in [5.41, 5.74) is -2.67. The van der Waals surface area contributed by atoms with Crippen molar-refractivity contribution in [3.63, 3.8) is 0 Å². The van der Waals surface area contributed by atoms with Crippen LogP contribution < -0.4 is 0 Å². The molecule has 0 amide bonds. The van der Waals surface area contributed by atoms with E-state index >= 15 is 0 Å². The van der Waals surface area contributed by atoms with Gasteiger partial charge in [0.15, 0.2) is 18.2 Å². The summed E-state index contributed by atoms with van der Waals surface area (Å²) in [7, 11) is 0. The Hall–Kier alpha value is -1.78. The average molecular weight is 763 g/mol. The first kappa shape index (κ1) is 40.4. The lowest BCUT2D eigenvalue weighted by atomic mass is 9.38. The van der Waals surface area contributed by atoms with Crippen LogP contribution in [0, 0.1) is 45.3 Å². The lowest BCUT2D eigenvalue weighted by Gasteiger charge is -2.65. The van der Waals surface area contributed by atoms with Crippen molar-refractivity contribution < 1.29 is 63.9 Å². The highest BCUT2D eigenvalue weighted by Crippen LogP contribution is 2.74. The van der Waals surface area contributed by atoms with Gasteiger partial charge >= 0.3 is 0 Å². The molecule has 3 saturated carbocycles. The van der Waals surface area contributed by atoms with Gasteiger partial charge in [0.1, 0.15) is 48.2 Å². The van der Waals surface area contributed by atoms with Gasteiger partial charge in [-0.25, -0.2) is 0 Å². The summed E-state index contributed by atoms with van der Waals surface area (Å²) in [6.07, 6.45) is -7.09. The van der Waals surface area contributed by atoms with E-state index in [9.17, 15) is 40.2 Å². The van der Waals surface area contributed by atoms with E-state index < -0.39 is 101 Å². The highest BCUT2D eigenvalue weighted by molar-refractivity contribution is 6.00. The summed E-state index contributed by atoms with van der Waals surface area (Å²) in [4.78, 5) is 28.5. The minimum Gasteiger partial charge on any atom is -0.483 e. The van der Waals surface area contributed by atoms with E-state index in [-0.39, 0.29) is 42.3 Å². The summed E-state index contributed by atoms with van der Waals surface area (Å²) in [6, 6.07) is 0. The largest absolute Gasteiger partial charge is 0.483 e. The van der Waals surface area contributed by atoms with Crippen molar-refractivity contribution >= 4 is 11.6 Å². The van der Waals surface area contributed by atoms with Gasteiger partial charge in [-0.1, -0.05) is 60.1 Å². The molecule has 5 fully saturated rings. The van der Waals surface area contributed by atoms with Crippen molar-refractivity contribution in [3.8, 4) is 0 Å². The molecule has 6 unspecified atom stereocenters. The number of hydrogen-bond acceptors (Lipinski definition) is 13. The third kappa shape index (κ3) is 5.61. The van der Waals surface area contributed by atoms with Crippen LogP contribution in [0.5, 0.6) is 0 Å². The summed E-state index contributed by atoms with van der Waals surface area (Å²) < 4.78 is 30.6. The Morgan fingerprint density at radius 2 is 1.52 bits per heavy atom. The predicted molar refractivity (Wildman–Crippen MR) is 192 cm³/mol. The highest BCUT2D eigenvalue weighted by Gasteiger charge is 2.75. The number of ketones is 2. The van der Waals surface area contributed by atoms with Gasteiger partial charge in [0.2, 0.25) is 5.78 Å². The number of rotatable bonds is 6. The number of aliphatic hydroxyl groups excluding tert-OH is 6. The molecule has 6 N–H and O–H groups in total. The monoisotopic (exact) mass is 762 g/mol. The van der Waals surface area contributed by atoms with Gasteiger partial charge in [0, 0.05) is 35.2 Å². The normalized spacial score (nSPS) is 53.0. The molecule has 13 nitrogen and oxygen atoms in total. The fraction of sp³-hybridized carbons (Fsp3) is 0.854. The van der Waals surface area contributed by atoms with Gasteiger partial charge in [-0.3, -0.25) is 9.59 Å². The minimum atomic E-state index is -1.63. The summed E-state index contributed by atoms with van der Waals surface area (Å²) in [5, 5.41) is 64.6. The first-order chi connectivity index (χ1) is 25.0. The van der Waals surface area contributed by atoms with Crippen molar-refractivity contribution in [2.45, 2.75) is 168 Å². The maximum Gasteiger partial charge on any atom is 0.202 e. The molecular weight excluding hydrogens is 700 g/mol. The topological polar surface area (TPSA) is 202 Å². The number of Topliss-reactive ketones (excluding diaryl/α,β-unsaturated/α-hetero) is 1. The minimum absolute atomic E-state index is 0.0144. The Kier molecular flexibility index (Phi) is 10.0. The van der Waals surface area contributed by atoms with E-state index in [1.165, 1.54) is 6.92 Å². The molecule has 2 saturated heterocycles. The van der Waals surface area contributed by atoms with Crippen molar-refractivity contribution in [1.82, 2.24) is 0 Å². The van der Waals surface area contributed by atoms with E-state index in [1.54, 1.807) is 13.0 Å². The molecule has 0 radical (unpaired) electrons. The van der Waals surface area contributed by atoms with Crippen LogP contribution in [0.15, 0.2) is 23.5 Å². The van der Waals surface area contributed by atoms with Crippen LogP contribution in [-0.4, -0.2) is 122 Å². The zero-order valence-electron chi connectivity index (χ0n) is 33.1. The molecule has 4 aliphatic carbocycles. The van der Waals surface area contributed by atoms with Gasteiger partial charge in [0.25, 0.3) is 0 Å². The number of allylic oxidation sites excluding steroid dienone is 2. The Balaban J connectivity index is 1.14. The average Bonchev–Trinajstić information content (AvgIpc) is 3.51. The quantitative estimate of drug-likeness (QED) is 0.216. The molecule has 13 heteroatoms. The van der Waals surface area contributed by atoms with E-state index in [1.807, 2.05) is 13.8 Å². The van der Waals surface area contributed by atoms with Crippen LogP contribution in [-0.2, 0) is 33.3 Å². The van der Waals surface area contributed by atoms with Gasteiger partial charge in [-0.15, -0.1) is 0 Å². The van der Waals surface area contributed by atoms with Gasteiger partial charge in [-0.05, 0) is 62.2 Å². The number of fused-ring (bicyclic) bond motifs is 5. The molecule has 7 aliphatic rings. The molecule has 0 bridgehead atoms. The lowest BCUT2D eigenvalue weighted by molar-refractivity contribution is -0.360. The first-order valence-electron chi connectivity index (χ1n) is 19.9. The zero-order chi connectivity index (χ0) is 39.7. The molecule has 304 valence electrons. The highest BCUT2D eigenvalue weighted by atomic mass is 16.8. The summed E-state index contributed by atoms with van der Waals surface area (Å²) in [5.74, 6) is -0.149. The molecule has 0 aromatic rings. The third-order valence-electron chi connectivity index (χ3n) is 15.7. The SMILES string of the molecule is CC(C)C1=CC(=O)[C@@](C)(C2[C@H](O)C[C@@]3(C)C4CC=C5C(CC[C@@H](O[C@@H]6OC[C@@H](O)[C@@H](O)C6O[C@@H]6OC(C)[C@H](O)[C@H](O)C6O)C5(C)C)[C@]4(C)C(=O)C[C@]23C)O1. The van der Waals surface area contributed by atoms with Crippen LogP contribution in [0.4, 0.5) is 0 Å². The Morgan fingerprint density at radius 1 is 0.833 bits per heavy atom. The van der Waals surface area contributed by atoms with Gasteiger partial charge in [-0.2, -0.15) is 0 Å². The van der Waals surface area contributed by atoms with Gasteiger partial charge < -0.3 is 54.3 Å². The van der Waals surface area contributed by atoms with Crippen LogP contribution in [0.1, 0.15) is 94.4 Å². The van der Waals surface area contributed by atoms with Crippen molar-refractivity contribution in [2.75, 3.05) is 6.61 Å². The molecule has 54 heavy (non-hydrogen) atoms. The van der Waals surface area contributed by atoms with E-state index in [2.05, 4.69) is 40.7 Å². The first-order valence-corrected chi connectivity index (χ1v) is 19.9. The van der Waals surface area contributed by atoms with E-state index in [4.69, 9.17) is 23.7 Å². The van der Waals surface area contributed by atoms with E-state index in [0.717, 1.165) is 5.57 Å². The van der Waals surface area contributed by atoms with Crippen molar-refractivity contribution in [2.24, 2.45) is 45.3 Å². The Morgan fingerprint density at radius 3 is 2.17 bits per heavy atom. The predicted octanol–water partition coefficient (Wildman–Crippen LogP) is 2.32. The smallest absolute Gasteiger partial charge is 0.202 e. The summed E-state index contributed by atoms with van der Waals surface area (Å²) in [6.45, 7) is 17.6. The zero-order valence-corrected chi connectivity index (χ0v) is 33.1. The Labute approximate surface area is 318 Å². The van der Waals surface area contributed by atoms with Gasteiger partial charge in [0.05, 0.1) is 24.9 Å². The lowest BCUT2D eigenvalue weighted by Crippen LogP contribution is -2.65. The molecule has 0 aromatic heterocycles. The number of carbonyl (C=O) groups is 2. The maximum absolute atomic E-state index is 14.9. The molecule has 0 spiro atoms. The number of carbonyl (C=O) groups excluding carboxylic acids is 2. The molecule has 3 aliphatic heterocycles. The molecule has 7 rings (SSSR count).